The molecule has 0 saturated carbocycles. The van der Waals surface area contributed by atoms with E-state index in [1.165, 1.54) is 25.3 Å². The molecule has 0 bridgehead atoms. The Morgan fingerprint density at radius 1 is 1.21 bits per heavy atom. The molecule has 28 heavy (non-hydrogen) atoms. The number of hydrogen-bond donors (Lipinski definition) is 2. The molecule has 1 atom stereocenters. The number of halogens is 1. The van der Waals surface area contributed by atoms with Crippen LogP contribution in [0.15, 0.2) is 42.5 Å². The van der Waals surface area contributed by atoms with E-state index in [0.717, 1.165) is 5.56 Å². The van der Waals surface area contributed by atoms with Crippen LogP contribution in [0, 0.1) is 11.7 Å². The average molecular weight is 386 g/mol. The number of rotatable bonds is 5. The molecule has 2 amide bonds. The number of ether oxygens (including phenoxy) is 2. The summed E-state index contributed by atoms with van der Waals surface area (Å²) in [6.07, 6.45) is 0.381. The van der Waals surface area contributed by atoms with E-state index in [0.29, 0.717) is 17.9 Å². The van der Waals surface area contributed by atoms with Gasteiger partial charge in [-0.2, -0.15) is 0 Å². The maximum Gasteiger partial charge on any atom is 0.325 e. The number of carbonyl (C=O) groups excluding carboxylic acids is 3. The Hall–Kier alpha value is -3.42. The Morgan fingerprint density at radius 3 is 2.75 bits per heavy atom. The molecule has 0 aliphatic carbocycles. The maximum atomic E-state index is 13.8. The molecule has 1 heterocycles. The number of benzene rings is 2. The summed E-state index contributed by atoms with van der Waals surface area (Å²) in [6.45, 7) is -0.0294. The summed E-state index contributed by atoms with van der Waals surface area (Å²) in [5.41, 5.74) is 1.14. The number of hydrogen-bond acceptors (Lipinski definition) is 5. The van der Waals surface area contributed by atoms with Crippen LogP contribution in [0.2, 0.25) is 0 Å². The highest BCUT2D eigenvalue weighted by atomic mass is 19.1. The first kappa shape index (κ1) is 19.3. The second kappa shape index (κ2) is 8.51. The lowest BCUT2D eigenvalue weighted by molar-refractivity contribution is -0.141. The number of fused-ring (bicyclic) bond motifs is 1. The van der Waals surface area contributed by atoms with Crippen LogP contribution in [0.1, 0.15) is 15.9 Å². The van der Waals surface area contributed by atoms with Crippen LogP contribution in [-0.2, 0) is 20.7 Å². The lowest BCUT2D eigenvalue weighted by atomic mass is 9.95. The zero-order valence-electron chi connectivity index (χ0n) is 15.2. The van der Waals surface area contributed by atoms with E-state index in [1.54, 1.807) is 24.3 Å². The monoisotopic (exact) mass is 386 g/mol. The van der Waals surface area contributed by atoms with Crippen molar-refractivity contribution in [2.75, 3.05) is 25.6 Å². The summed E-state index contributed by atoms with van der Waals surface area (Å²) in [4.78, 5) is 35.6. The fourth-order valence-electron chi connectivity index (χ4n) is 2.86. The van der Waals surface area contributed by atoms with Crippen molar-refractivity contribution in [3.8, 4) is 5.75 Å². The standard InChI is InChI=1S/C20H19FN2O5/c1-27-18(24)10-22-19(25)13-8-12-9-14(6-7-17(12)28-11-13)23-20(26)15-4-2-3-5-16(15)21/h2-7,9,13H,8,10-11H2,1H3,(H,22,25)(H,23,26)/t13-/m1/s1. The van der Waals surface area contributed by atoms with Crippen LogP contribution >= 0.6 is 0 Å². The van der Waals surface area contributed by atoms with E-state index in [4.69, 9.17) is 4.74 Å². The molecule has 0 fully saturated rings. The molecule has 2 N–H and O–H groups in total. The van der Waals surface area contributed by atoms with Crippen LogP contribution in [0.3, 0.4) is 0 Å². The predicted octanol–water partition coefficient (Wildman–Crippen LogP) is 1.92. The van der Waals surface area contributed by atoms with Crippen molar-refractivity contribution in [1.29, 1.82) is 0 Å². The van der Waals surface area contributed by atoms with Crippen LogP contribution in [-0.4, -0.2) is 38.0 Å². The molecular weight excluding hydrogens is 367 g/mol. The largest absolute Gasteiger partial charge is 0.492 e. The Labute approximate surface area is 160 Å². The van der Waals surface area contributed by atoms with Gasteiger partial charge in [-0.1, -0.05) is 12.1 Å². The normalized spacial score (nSPS) is 15.0. The lowest BCUT2D eigenvalue weighted by Gasteiger charge is -2.25. The van der Waals surface area contributed by atoms with Crippen molar-refractivity contribution in [3.05, 3.63) is 59.4 Å². The van der Waals surface area contributed by atoms with Gasteiger partial charge in [-0.15, -0.1) is 0 Å². The molecule has 7 nitrogen and oxygen atoms in total. The Balaban J connectivity index is 1.67. The van der Waals surface area contributed by atoms with Crippen LogP contribution in [0.25, 0.3) is 0 Å². The SMILES string of the molecule is COC(=O)CNC(=O)[C@H]1COc2ccc(NC(=O)c3ccccc3F)cc2C1. The molecular formula is C20H19FN2O5. The van der Waals surface area contributed by atoms with Crippen molar-refractivity contribution >= 4 is 23.5 Å². The Morgan fingerprint density at radius 2 is 2.00 bits per heavy atom. The van der Waals surface area contributed by atoms with Crippen LogP contribution in [0.4, 0.5) is 10.1 Å². The Bertz CT molecular complexity index is 915. The van der Waals surface area contributed by atoms with Gasteiger partial charge in [0.1, 0.15) is 24.7 Å². The van der Waals surface area contributed by atoms with E-state index < -0.39 is 23.6 Å². The van der Waals surface area contributed by atoms with Crippen molar-refractivity contribution in [2.24, 2.45) is 5.92 Å². The zero-order chi connectivity index (χ0) is 20.1. The number of carbonyl (C=O) groups is 3. The molecule has 1 aliphatic heterocycles. The minimum Gasteiger partial charge on any atom is -0.492 e. The third kappa shape index (κ3) is 4.46. The van der Waals surface area contributed by atoms with Gasteiger partial charge >= 0.3 is 5.97 Å². The topological polar surface area (TPSA) is 93.7 Å². The zero-order valence-corrected chi connectivity index (χ0v) is 15.2. The van der Waals surface area contributed by atoms with Gasteiger partial charge in [-0.3, -0.25) is 14.4 Å². The molecule has 1 aliphatic rings. The average Bonchev–Trinajstić information content (AvgIpc) is 2.71. The van der Waals surface area contributed by atoms with Gasteiger partial charge in [0.15, 0.2) is 0 Å². The first-order valence-corrected chi connectivity index (χ1v) is 8.64. The van der Waals surface area contributed by atoms with Crippen LogP contribution < -0.4 is 15.4 Å². The van der Waals surface area contributed by atoms with Crippen LogP contribution in [0.5, 0.6) is 5.75 Å². The van der Waals surface area contributed by atoms with Gasteiger partial charge in [0.25, 0.3) is 5.91 Å². The molecule has 2 aromatic carbocycles. The Kier molecular flexibility index (Phi) is 5.88. The highest BCUT2D eigenvalue weighted by molar-refractivity contribution is 6.04. The van der Waals surface area contributed by atoms with E-state index in [-0.39, 0.29) is 24.6 Å². The molecule has 0 saturated heterocycles. The third-order valence-electron chi connectivity index (χ3n) is 4.35. The first-order chi connectivity index (χ1) is 13.5. The number of nitrogens with one attached hydrogen (secondary N) is 2. The minimum absolute atomic E-state index is 0.0588. The lowest BCUT2D eigenvalue weighted by Crippen LogP contribution is -2.39. The molecule has 2 aromatic rings. The number of amides is 2. The minimum atomic E-state index is -0.608. The van der Waals surface area contributed by atoms with E-state index >= 15 is 0 Å². The van der Waals surface area contributed by atoms with Gasteiger partial charge in [0, 0.05) is 5.69 Å². The van der Waals surface area contributed by atoms with Gasteiger partial charge in [0.05, 0.1) is 18.6 Å². The summed E-state index contributed by atoms with van der Waals surface area (Å²) < 4.78 is 23.8. The fourth-order valence-corrected chi connectivity index (χ4v) is 2.86. The summed E-state index contributed by atoms with van der Waals surface area (Å²) in [6, 6.07) is 10.7. The summed E-state index contributed by atoms with van der Waals surface area (Å²) in [7, 11) is 1.24. The third-order valence-corrected chi connectivity index (χ3v) is 4.35. The number of anilines is 1. The molecule has 0 radical (unpaired) electrons. The predicted molar refractivity (Wildman–Crippen MR) is 98.5 cm³/mol. The van der Waals surface area contributed by atoms with Gasteiger partial charge in [0.2, 0.25) is 5.91 Å². The number of esters is 1. The molecule has 146 valence electrons. The second-order valence-electron chi connectivity index (χ2n) is 6.26. The van der Waals surface area contributed by atoms with E-state index in [1.807, 2.05) is 0 Å². The second-order valence-corrected chi connectivity index (χ2v) is 6.26. The molecule has 0 unspecified atom stereocenters. The smallest absolute Gasteiger partial charge is 0.325 e. The molecule has 3 rings (SSSR count). The highest BCUT2D eigenvalue weighted by Crippen LogP contribution is 2.30. The van der Waals surface area contributed by atoms with Gasteiger partial charge < -0.3 is 20.1 Å². The summed E-state index contributed by atoms with van der Waals surface area (Å²) in [5.74, 6) is -1.90. The molecule has 0 aromatic heterocycles. The van der Waals surface area contributed by atoms with Crippen molar-refractivity contribution in [2.45, 2.75) is 6.42 Å². The van der Waals surface area contributed by atoms with Crippen molar-refractivity contribution in [1.82, 2.24) is 5.32 Å². The van der Waals surface area contributed by atoms with Gasteiger partial charge in [-0.25, -0.2) is 4.39 Å². The van der Waals surface area contributed by atoms with Crippen molar-refractivity contribution in [3.63, 3.8) is 0 Å². The summed E-state index contributed by atoms with van der Waals surface area (Å²) in [5, 5.41) is 5.15. The molecule has 0 spiro atoms. The summed E-state index contributed by atoms with van der Waals surface area (Å²) >= 11 is 0. The highest BCUT2D eigenvalue weighted by Gasteiger charge is 2.26. The van der Waals surface area contributed by atoms with E-state index in [2.05, 4.69) is 15.4 Å². The van der Waals surface area contributed by atoms with E-state index in [9.17, 15) is 18.8 Å². The maximum absolute atomic E-state index is 13.8. The quantitative estimate of drug-likeness (QED) is 0.766. The first-order valence-electron chi connectivity index (χ1n) is 8.64. The van der Waals surface area contributed by atoms with Gasteiger partial charge in [-0.05, 0) is 42.3 Å². The molecule has 8 heteroatoms. The fraction of sp³-hybridized carbons (Fsp3) is 0.250. The number of methoxy groups -OCH3 is 1. The van der Waals surface area contributed by atoms with Crippen molar-refractivity contribution < 1.29 is 28.2 Å².